The van der Waals surface area contributed by atoms with Crippen LogP contribution in [0.15, 0.2) is 18.2 Å². The van der Waals surface area contributed by atoms with Crippen molar-refractivity contribution in [3.05, 3.63) is 29.3 Å². The fraction of sp³-hybridized carbons (Fsp3) is 0.609. The van der Waals surface area contributed by atoms with Crippen LogP contribution in [-0.2, 0) is 19.7 Å². The van der Waals surface area contributed by atoms with Gasteiger partial charge in [-0.05, 0) is 57.7 Å². The minimum atomic E-state index is -2.91. The van der Waals surface area contributed by atoms with Crippen molar-refractivity contribution in [2.24, 2.45) is 5.92 Å². The van der Waals surface area contributed by atoms with E-state index in [0.29, 0.717) is 17.7 Å². The highest BCUT2D eigenvalue weighted by Crippen LogP contribution is 2.70. The molecule has 7 nitrogen and oxygen atoms in total. The molecule has 1 saturated carbocycles. The molecule has 174 valence electrons. The van der Waals surface area contributed by atoms with Crippen LogP contribution in [0.2, 0.25) is 0 Å². The number of alkyl halides is 2. The molecular weight excluding hydrogens is 420 g/mol. The number of nitrogens with zero attached hydrogens (tertiary/aromatic N) is 1. The number of imide groups is 1. The fourth-order valence-electron chi connectivity index (χ4n) is 4.92. The second-order valence-corrected chi connectivity index (χ2v) is 10.0. The molecule has 3 amide bonds. The summed E-state index contributed by atoms with van der Waals surface area (Å²) in [5, 5.41) is 5.42. The molecule has 2 aliphatic heterocycles. The predicted octanol–water partition coefficient (Wildman–Crippen LogP) is 3.36. The second kappa shape index (κ2) is 7.42. The molecule has 2 saturated heterocycles. The smallest absolute Gasteiger partial charge is 0.410 e. The summed E-state index contributed by atoms with van der Waals surface area (Å²) in [4.78, 5) is 37.1. The van der Waals surface area contributed by atoms with E-state index in [1.54, 1.807) is 45.9 Å². The summed E-state index contributed by atoms with van der Waals surface area (Å²) in [5.74, 6) is -4.54. The number of benzene rings is 1. The summed E-state index contributed by atoms with van der Waals surface area (Å²) in [6.45, 7) is 7.21. The summed E-state index contributed by atoms with van der Waals surface area (Å²) in [5.41, 5.74) is -0.00420. The minimum Gasteiger partial charge on any atom is -0.444 e. The van der Waals surface area contributed by atoms with E-state index in [1.165, 1.54) is 4.90 Å². The number of amides is 3. The van der Waals surface area contributed by atoms with Crippen molar-refractivity contribution in [2.75, 3.05) is 18.4 Å². The summed E-state index contributed by atoms with van der Waals surface area (Å²) < 4.78 is 35.4. The second-order valence-electron chi connectivity index (χ2n) is 10.0. The van der Waals surface area contributed by atoms with E-state index in [4.69, 9.17) is 4.74 Å². The van der Waals surface area contributed by atoms with Gasteiger partial charge in [-0.3, -0.25) is 14.9 Å². The molecule has 9 heteroatoms. The number of carbonyl (C=O) groups is 3. The average molecular weight is 449 g/mol. The number of fused-ring (bicyclic) bond motifs is 1. The van der Waals surface area contributed by atoms with Gasteiger partial charge in [0, 0.05) is 25.2 Å². The van der Waals surface area contributed by atoms with Gasteiger partial charge in [0.25, 0.3) is 5.92 Å². The quantitative estimate of drug-likeness (QED) is 0.691. The Kier molecular flexibility index (Phi) is 5.21. The number of hydrogen-bond donors (Lipinski definition) is 2. The number of carbonyl (C=O) groups excluding carboxylic acids is 3. The van der Waals surface area contributed by atoms with Crippen LogP contribution in [-0.4, -0.2) is 53.5 Å². The average Bonchev–Trinajstić information content (AvgIpc) is 3.20. The molecule has 32 heavy (non-hydrogen) atoms. The zero-order chi connectivity index (χ0) is 23.5. The zero-order valence-corrected chi connectivity index (χ0v) is 18.8. The third kappa shape index (κ3) is 3.71. The monoisotopic (exact) mass is 449 g/mol. The van der Waals surface area contributed by atoms with Crippen LogP contribution < -0.4 is 10.6 Å². The summed E-state index contributed by atoms with van der Waals surface area (Å²) in [6, 6.07) is 4.60. The maximum absolute atomic E-state index is 15.0. The van der Waals surface area contributed by atoms with Crippen molar-refractivity contribution in [3.63, 3.8) is 0 Å². The van der Waals surface area contributed by atoms with Crippen molar-refractivity contribution in [1.29, 1.82) is 0 Å². The highest BCUT2D eigenvalue weighted by atomic mass is 19.3. The van der Waals surface area contributed by atoms with Crippen LogP contribution in [0.5, 0.6) is 0 Å². The Hall–Kier alpha value is -2.71. The molecule has 3 atom stereocenters. The Balaban J connectivity index is 1.49. The number of halogens is 2. The topological polar surface area (TPSA) is 87.7 Å². The maximum atomic E-state index is 15.0. The lowest BCUT2D eigenvalue weighted by Crippen LogP contribution is -2.47. The Labute approximate surface area is 185 Å². The van der Waals surface area contributed by atoms with Crippen molar-refractivity contribution in [1.82, 2.24) is 10.2 Å². The SMILES string of the molecule is Cc1cc([C@@]23CCN(C(=O)OC(C)(C)C)C[C@@H]2C3(F)F)ccc1N[C@H]1CCC(=O)NC1=O. The Morgan fingerprint density at radius 2 is 2.00 bits per heavy atom. The van der Waals surface area contributed by atoms with Gasteiger partial charge in [-0.15, -0.1) is 0 Å². The maximum Gasteiger partial charge on any atom is 0.410 e. The van der Waals surface area contributed by atoms with Crippen LogP contribution in [0.25, 0.3) is 0 Å². The van der Waals surface area contributed by atoms with Gasteiger partial charge in [0.15, 0.2) is 0 Å². The summed E-state index contributed by atoms with van der Waals surface area (Å²) in [7, 11) is 0. The van der Waals surface area contributed by atoms with Crippen molar-refractivity contribution < 1.29 is 27.9 Å². The van der Waals surface area contributed by atoms with Gasteiger partial charge in [0.2, 0.25) is 11.8 Å². The normalized spacial score (nSPS) is 29.1. The molecule has 2 heterocycles. The minimum absolute atomic E-state index is 0.0444. The number of anilines is 1. The molecule has 3 fully saturated rings. The van der Waals surface area contributed by atoms with E-state index >= 15 is 8.78 Å². The van der Waals surface area contributed by atoms with Gasteiger partial charge < -0.3 is 15.0 Å². The molecular formula is C23H29F2N3O4. The van der Waals surface area contributed by atoms with Gasteiger partial charge in [-0.2, -0.15) is 0 Å². The molecule has 4 rings (SSSR count). The Bertz CT molecular complexity index is 974. The molecule has 0 spiro atoms. The molecule has 0 radical (unpaired) electrons. The van der Waals surface area contributed by atoms with Crippen molar-refractivity contribution in [3.8, 4) is 0 Å². The van der Waals surface area contributed by atoms with Crippen LogP contribution in [0, 0.1) is 12.8 Å². The molecule has 1 aromatic carbocycles. The molecule has 0 aromatic heterocycles. The number of hydrogen-bond acceptors (Lipinski definition) is 5. The van der Waals surface area contributed by atoms with Crippen LogP contribution >= 0.6 is 0 Å². The lowest BCUT2D eigenvalue weighted by Gasteiger charge is -2.32. The molecule has 1 aromatic rings. The van der Waals surface area contributed by atoms with Gasteiger partial charge in [0.05, 0.1) is 11.3 Å². The van der Waals surface area contributed by atoms with Crippen molar-refractivity contribution >= 4 is 23.6 Å². The van der Waals surface area contributed by atoms with Crippen LogP contribution in [0.3, 0.4) is 0 Å². The van der Waals surface area contributed by atoms with E-state index in [9.17, 15) is 14.4 Å². The van der Waals surface area contributed by atoms with Crippen molar-refractivity contribution in [2.45, 2.75) is 69.9 Å². The standard InChI is InChI=1S/C23H29F2N3O4/c1-13-11-14(5-6-15(13)26-16-7-8-18(29)27-19(16)30)22-9-10-28(12-17(22)23(22,24)25)20(31)32-21(2,3)4/h5-6,11,16-17,26H,7-10,12H2,1-4H3,(H,27,29,30)/t16-,17-,22-/m0/s1. The third-order valence-electron chi connectivity index (χ3n) is 6.69. The first-order valence-corrected chi connectivity index (χ1v) is 10.9. The highest BCUT2D eigenvalue weighted by Gasteiger charge is 2.82. The summed E-state index contributed by atoms with van der Waals surface area (Å²) in [6.07, 6.45) is 0.236. The molecule has 1 aliphatic carbocycles. The van der Waals surface area contributed by atoms with E-state index < -0.39 is 35.0 Å². The molecule has 3 aliphatic rings. The lowest BCUT2D eigenvalue weighted by atomic mass is 9.86. The molecule has 0 unspecified atom stereocenters. The van der Waals surface area contributed by atoms with Gasteiger partial charge in [-0.1, -0.05) is 12.1 Å². The van der Waals surface area contributed by atoms with Gasteiger partial charge >= 0.3 is 6.09 Å². The fourth-order valence-corrected chi connectivity index (χ4v) is 4.92. The molecule has 0 bridgehead atoms. The number of aryl methyl sites for hydroxylation is 1. The van der Waals surface area contributed by atoms with Crippen LogP contribution in [0.1, 0.15) is 51.2 Å². The van der Waals surface area contributed by atoms with E-state index in [2.05, 4.69) is 10.6 Å². The number of ether oxygens (including phenoxy) is 1. The Morgan fingerprint density at radius 1 is 1.28 bits per heavy atom. The predicted molar refractivity (Wildman–Crippen MR) is 114 cm³/mol. The largest absolute Gasteiger partial charge is 0.444 e. The molecule has 2 N–H and O–H groups in total. The number of nitrogens with one attached hydrogen (secondary N) is 2. The Morgan fingerprint density at radius 3 is 2.59 bits per heavy atom. The van der Waals surface area contributed by atoms with E-state index in [-0.39, 0.29) is 37.7 Å². The van der Waals surface area contributed by atoms with Crippen LogP contribution in [0.4, 0.5) is 19.3 Å². The lowest BCUT2D eigenvalue weighted by molar-refractivity contribution is -0.133. The first-order chi connectivity index (χ1) is 14.8. The van der Waals surface area contributed by atoms with Gasteiger partial charge in [0.1, 0.15) is 11.6 Å². The first kappa shape index (κ1) is 22.5. The third-order valence-corrected chi connectivity index (χ3v) is 6.69. The summed E-state index contributed by atoms with van der Waals surface area (Å²) >= 11 is 0. The zero-order valence-electron chi connectivity index (χ0n) is 18.8. The van der Waals surface area contributed by atoms with Gasteiger partial charge in [-0.25, -0.2) is 13.6 Å². The first-order valence-electron chi connectivity index (χ1n) is 10.9. The van der Waals surface area contributed by atoms with E-state index in [1.807, 2.05) is 0 Å². The highest BCUT2D eigenvalue weighted by molar-refractivity contribution is 6.01. The number of likely N-dealkylation sites (tertiary alicyclic amines) is 1. The van der Waals surface area contributed by atoms with E-state index in [0.717, 1.165) is 5.56 Å². The number of piperidine rings is 2. The number of rotatable bonds is 3.